The highest BCUT2D eigenvalue weighted by molar-refractivity contribution is 7.83. The van der Waals surface area contributed by atoms with Gasteiger partial charge < -0.3 is 4.90 Å². The molecule has 1 unspecified atom stereocenters. The fraction of sp³-hybridized carbons (Fsp3) is 0.235. The molecule has 116 valence electrons. The zero-order valence-corrected chi connectivity index (χ0v) is 14.2. The molecule has 2 rings (SSSR count). The van der Waals surface area contributed by atoms with Crippen molar-refractivity contribution in [3.8, 4) is 0 Å². The van der Waals surface area contributed by atoms with Crippen LogP contribution in [0.25, 0.3) is 0 Å². The normalized spacial score (nSPS) is 12.0. The Bertz CT molecular complexity index is 703. The van der Waals surface area contributed by atoms with Crippen molar-refractivity contribution >= 4 is 28.3 Å². The van der Waals surface area contributed by atoms with Crippen molar-refractivity contribution in [2.75, 3.05) is 13.3 Å². The summed E-state index contributed by atoms with van der Waals surface area (Å²) < 4.78 is 11.3. The van der Waals surface area contributed by atoms with E-state index in [1.807, 2.05) is 30.3 Å². The van der Waals surface area contributed by atoms with E-state index in [9.17, 15) is 9.00 Å². The minimum absolute atomic E-state index is 0.0660. The number of benzene rings is 2. The van der Waals surface area contributed by atoms with Gasteiger partial charge in [-0.05, 0) is 35.4 Å². The van der Waals surface area contributed by atoms with E-state index in [0.717, 1.165) is 11.1 Å². The first kappa shape index (κ1) is 16.7. The number of carbonyl (C=O) groups is 1. The van der Waals surface area contributed by atoms with Gasteiger partial charge >= 0.3 is 0 Å². The van der Waals surface area contributed by atoms with Crippen molar-refractivity contribution in [1.82, 2.24) is 4.90 Å². The summed E-state index contributed by atoms with van der Waals surface area (Å²) in [6.07, 6.45) is 1.65. The Kier molecular flexibility index (Phi) is 5.75. The van der Waals surface area contributed by atoms with Crippen LogP contribution in [-0.2, 0) is 23.1 Å². The van der Waals surface area contributed by atoms with E-state index in [1.54, 1.807) is 36.4 Å². The summed E-state index contributed by atoms with van der Waals surface area (Å²) in [5.74, 6) is 0.391. The van der Waals surface area contributed by atoms with Gasteiger partial charge in [-0.1, -0.05) is 35.9 Å². The summed E-state index contributed by atoms with van der Waals surface area (Å²) >= 11 is 5.96. The second-order valence-corrected chi connectivity index (χ2v) is 7.08. The maximum Gasteiger partial charge on any atom is 0.253 e. The number of amides is 1. The van der Waals surface area contributed by atoms with Crippen molar-refractivity contribution in [3.05, 3.63) is 70.2 Å². The molecule has 0 saturated heterocycles. The van der Waals surface area contributed by atoms with Gasteiger partial charge in [-0.25, -0.2) is 0 Å². The van der Waals surface area contributed by atoms with E-state index in [4.69, 9.17) is 11.6 Å². The maximum atomic E-state index is 12.5. The number of carbonyl (C=O) groups excluding carboxylic acids is 1. The number of nitrogens with zero attached hydrogens (tertiary/aromatic N) is 1. The minimum atomic E-state index is -0.922. The molecule has 0 fully saturated rings. The molecule has 22 heavy (non-hydrogen) atoms. The van der Waals surface area contributed by atoms with Crippen molar-refractivity contribution in [3.63, 3.8) is 0 Å². The van der Waals surface area contributed by atoms with Gasteiger partial charge in [0.15, 0.2) is 0 Å². The molecule has 0 aromatic heterocycles. The molecule has 0 aliphatic rings. The second kappa shape index (κ2) is 7.56. The molecule has 0 aliphatic carbocycles. The maximum absolute atomic E-state index is 12.5. The summed E-state index contributed by atoms with van der Waals surface area (Å²) in [5.41, 5.74) is 2.49. The van der Waals surface area contributed by atoms with Crippen LogP contribution in [0.2, 0.25) is 5.02 Å². The molecular weight excluding hydrogens is 318 g/mol. The predicted octanol–water partition coefficient (Wildman–Crippen LogP) is 3.49. The van der Waals surface area contributed by atoms with Gasteiger partial charge in [0.2, 0.25) is 0 Å². The molecule has 5 heteroatoms. The van der Waals surface area contributed by atoms with Crippen LogP contribution in [0.15, 0.2) is 48.5 Å². The molecule has 2 aromatic carbocycles. The topological polar surface area (TPSA) is 37.4 Å². The van der Waals surface area contributed by atoms with Crippen molar-refractivity contribution in [1.29, 1.82) is 0 Å². The zero-order chi connectivity index (χ0) is 16.1. The predicted molar refractivity (Wildman–Crippen MR) is 91.5 cm³/mol. The SMILES string of the molecule is CN(Cc1cccc(Cl)c1)C(=O)c1cccc(CS(C)=O)c1. The van der Waals surface area contributed by atoms with E-state index in [2.05, 4.69) is 0 Å². The summed E-state index contributed by atoms with van der Waals surface area (Å²) in [6, 6.07) is 14.7. The number of rotatable bonds is 5. The first-order chi connectivity index (χ1) is 10.5. The van der Waals surface area contributed by atoms with Crippen molar-refractivity contribution in [2.45, 2.75) is 12.3 Å². The highest BCUT2D eigenvalue weighted by Gasteiger charge is 2.13. The molecule has 0 bridgehead atoms. The highest BCUT2D eigenvalue weighted by Crippen LogP contribution is 2.14. The fourth-order valence-corrected chi connectivity index (χ4v) is 3.09. The Labute approximate surface area is 138 Å². The molecule has 3 nitrogen and oxygen atoms in total. The Morgan fingerprint density at radius 1 is 1.14 bits per heavy atom. The van der Waals surface area contributed by atoms with Crippen LogP contribution in [0.4, 0.5) is 0 Å². The molecule has 0 spiro atoms. The molecule has 2 aromatic rings. The van der Waals surface area contributed by atoms with Crippen LogP contribution in [0.3, 0.4) is 0 Å². The smallest absolute Gasteiger partial charge is 0.253 e. The largest absolute Gasteiger partial charge is 0.337 e. The number of hydrogen-bond donors (Lipinski definition) is 0. The Hall–Kier alpha value is -1.65. The molecule has 0 radical (unpaired) electrons. The standard InChI is InChI=1S/C17H18ClNO2S/c1-19(11-13-5-4-8-16(18)10-13)17(20)15-7-3-6-14(9-15)12-22(2)21/h3-10H,11-12H2,1-2H3. The van der Waals surface area contributed by atoms with Crippen LogP contribution in [0, 0.1) is 0 Å². The van der Waals surface area contributed by atoms with E-state index < -0.39 is 10.8 Å². The molecule has 0 aliphatic heterocycles. The van der Waals surface area contributed by atoms with Crippen molar-refractivity contribution < 1.29 is 9.00 Å². The summed E-state index contributed by atoms with van der Waals surface area (Å²) in [5, 5.41) is 0.658. The summed E-state index contributed by atoms with van der Waals surface area (Å²) in [4.78, 5) is 14.1. The van der Waals surface area contributed by atoms with Gasteiger partial charge in [0.1, 0.15) is 0 Å². The lowest BCUT2D eigenvalue weighted by atomic mass is 10.1. The molecule has 0 N–H and O–H groups in total. The quantitative estimate of drug-likeness (QED) is 0.838. The van der Waals surface area contributed by atoms with Crippen LogP contribution in [0.5, 0.6) is 0 Å². The van der Waals surface area contributed by atoms with Crippen LogP contribution < -0.4 is 0 Å². The molecule has 1 amide bonds. The fourth-order valence-electron chi connectivity index (χ4n) is 2.23. The van der Waals surface area contributed by atoms with E-state index in [0.29, 0.717) is 22.9 Å². The molecule has 0 heterocycles. The van der Waals surface area contributed by atoms with Crippen molar-refractivity contribution in [2.24, 2.45) is 0 Å². The molecular formula is C17H18ClNO2S. The van der Waals surface area contributed by atoms with E-state index in [1.165, 1.54) is 0 Å². The lowest BCUT2D eigenvalue weighted by Crippen LogP contribution is -2.26. The Balaban J connectivity index is 2.11. The third-order valence-electron chi connectivity index (χ3n) is 3.20. The Morgan fingerprint density at radius 3 is 2.50 bits per heavy atom. The van der Waals surface area contributed by atoms with Gasteiger partial charge in [0, 0.05) is 47.0 Å². The molecule has 1 atom stereocenters. The second-order valence-electron chi connectivity index (χ2n) is 5.21. The lowest BCUT2D eigenvalue weighted by Gasteiger charge is -2.18. The molecule has 0 saturated carbocycles. The van der Waals surface area contributed by atoms with Gasteiger partial charge in [-0.2, -0.15) is 0 Å². The third-order valence-corrected chi connectivity index (χ3v) is 4.17. The first-order valence-electron chi connectivity index (χ1n) is 6.84. The van der Waals surface area contributed by atoms with E-state index >= 15 is 0 Å². The minimum Gasteiger partial charge on any atom is -0.337 e. The average molecular weight is 336 g/mol. The average Bonchev–Trinajstić information content (AvgIpc) is 2.46. The third kappa shape index (κ3) is 4.68. The Morgan fingerprint density at radius 2 is 1.82 bits per heavy atom. The van der Waals surface area contributed by atoms with Crippen LogP contribution >= 0.6 is 11.6 Å². The number of halogens is 1. The summed E-state index contributed by atoms with van der Waals surface area (Å²) in [6.45, 7) is 0.489. The highest BCUT2D eigenvalue weighted by atomic mass is 35.5. The van der Waals surface area contributed by atoms with Crippen LogP contribution in [-0.4, -0.2) is 28.3 Å². The van der Waals surface area contributed by atoms with Crippen LogP contribution in [0.1, 0.15) is 21.5 Å². The van der Waals surface area contributed by atoms with Gasteiger partial charge in [-0.3, -0.25) is 9.00 Å². The number of hydrogen-bond acceptors (Lipinski definition) is 2. The summed E-state index contributed by atoms with van der Waals surface area (Å²) in [7, 11) is 0.835. The zero-order valence-electron chi connectivity index (χ0n) is 12.6. The monoisotopic (exact) mass is 335 g/mol. The van der Waals surface area contributed by atoms with Gasteiger partial charge in [-0.15, -0.1) is 0 Å². The van der Waals surface area contributed by atoms with Gasteiger partial charge in [0.05, 0.1) is 0 Å². The lowest BCUT2D eigenvalue weighted by molar-refractivity contribution is 0.0785. The van der Waals surface area contributed by atoms with Gasteiger partial charge in [0.25, 0.3) is 5.91 Å². The first-order valence-corrected chi connectivity index (χ1v) is 8.95. The van der Waals surface area contributed by atoms with E-state index in [-0.39, 0.29) is 5.91 Å².